The smallest absolute Gasteiger partial charge is 0.324 e. The standard InChI is InChI=1S/C15H18N2O2/c1-11-4-3-5-12(2)13(11)17-8-6-15(10-16,7-9-17)14(18)19/h3-5H,6-9H2,1-2H3,(H,18,19). The first-order valence-corrected chi connectivity index (χ1v) is 6.46. The van der Waals surface area contributed by atoms with Gasteiger partial charge in [-0.15, -0.1) is 0 Å². The molecule has 0 saturated carbocycles. The van der Waals surface area contributed by atoms with Crippen LogP contribution in [-0.4, -0.2) is 24.2 Å². The fourth-order valence-corrected chi connectivity index (χ4v) is 2.79. The number of piperidine rings is 1. The fraction of sp³-hybridized carbons (Fsp3) is 0.467. The molecule has 4 heteroatoms. The van der Waals surface area contributed by atoms with Crippen molar-refractivity contribution < 1.29 is 9.90 Å². The monoisotopic (exact) mass is 258 g/mol. The molecule has 1 N–H and O–H groups in total. The molecule has 19 heavy (non-hydrogen) atoms. The summed E-state index contributed by atoms with van der Waals surface area (Å²) in [7, 11) is 0. The van der Waals surface area contributed by atoms with E-state index in [1.54, 1.807) is 0 Å². The Morgan fingerprint density at radius 3 is 2.26 bits per heavy atom. The van der Waals surface area contributed by atoms with E-state index in [4.69, 9.17) is 5.26 Å². The van der Waals surface area contributed by atoms with Crippen molar-refractivity contribution in [2.24, 2.45) is 5.41 Å². The number of carbonyl (C=O) groups is 1. The summed E-state index contributed by atoms with van der Waals surface area (Å²) in [5.74, 6) is -0.990. The molecule has 0 spiro atoms. The highest BCUT2D eigenvalue weighted by atomic mass is 16.4. The number of hydrogen-bond acceptors (Lipinski definition) is 3. The van der Waals surface area contributed by atoms with Gasteiger partial charge in [0, 0.05) is 18.8 Å². The maximum absolute atomic E-state index is 11.2. The molecule has 1 aliphatic rings. The third-order valence-electron chi connectivity index (χ3n) is 4.00. The highest BCUT2D eigenvalue weighted by Crippen LogP contribution is 2.35. The van der Waals surface area contributed by atoms with E-state index < -0.39 is 11.4 Å². The van der Waals surface area contributed by atoms with Crippen molar-refractivity contribution in [3.05, 3.63) is 29.3 Å². The molecule has 0 aliphatic carbocycles. The maximum Gasteiger partial charge on any atom is 0.324 e. The second kappa shape index (κ2) is 4.93. The Morgan fingerprint density at radius 1 is 1.32 bits per heavy atom. The number of rotatable bonds is 2. The van der Waals surface area contributed by atoms with E-state index in [9.17, 15) is 9.90 Å². The van der Waals surface area contributed by atoms with Crippen LogP contribution in [0.5, 0.6) is 0 Å². The number of anilines is 1. The lowest BCUT2D eigenvalue weighted by molar-refractivity contribution is -0.146. The third kappa shape index (κ3) is 2.28. The molecule has 0 aromatic heterocycles. The van der Waals surface area contributed by atoms with E-state index in [2.05, 4.69) is 30.9 Å². The molecule has 0 amide bonds. The summed E-state index contributed by atoms with van der Waals surface area (Å²) in [5.41, 5.74) is 2.37. The van der Waals surface area contributed by atoms with Crippen molar-refractivity contribution in [3.8, 4) is 6.07 Å². The van der Waals surface area contributed by atoms with Gasteiger partial charge in [-0.3, -0.25) is 4.79 Å². The second-order valence-corrected chi connectivity index (χ2v) is 5.23. The van der Waals surface area contributed by atoms with Crippen molar-refractivity contribution in [1.29, 1.82) is 5.26 Å². The van der Waals surface area contributed by atoms with E-state index in [-0.39, 0.29) is 0 Å². The molecule has 1 saturated heterocycles. The lowest BCUT2D eigenvalue weighted by atomic mass is 9.79. The van der Waals surface area contributed by atoms with Gasteiger partial charge >= 0.3 is 5.97 Å². The van der Waals surface area contributed by atoms with Crippen LogP contribution >= 0.6 is 0 Å². The molecule has 0 radical (unpaired) electrons. The molecule has 2 rings (SSSR count). The van der Waals surface area contributed by atoms with Gasteiger partial charge in [-0.25, -0.2) is 0 Å². The van der Waals surface area contributed by atoms with Gasteiger partial charge in [0.1, 0.15) is 0 Å². The topological polar surface area (TPSA) is 64.3 Å². The van der Waals surface area contributed by atoms with Gasteiger partial charge in [0.05, 0.1) is 6.07 Å². The fourth-order valence-electron chi connectivity index (χ4n) is 2.79. The van der Waals surface area contributed by atoms with Crippen LogP contribution in [-0.2, 0) is 4.79 Å². The van der Waals surface area contributed by atoms with Crippen LogP contribution in [0.4, 0.5) is 5.69 Å². The van der Waals surface area contributed by atoms with Gasteiger partial charge in [-0.2, -0.15) is 5.26 Å². The zero-order valence-corrected chi connectivity index (χ0v) is 11.3. The van der Waals surface area contributed by atoms with E-state index in [1.807, 2.05) is 12.1 Å². The predicted octanol–water partition coefficient (Wildman–Crippen LogP) is 2.50. The Morgan fingerprint density at radius 2 is 1.84 bits per heavy atom. The average Bonchev–Trinajstić information content (AvgIpc) is 2.39. The van der Waals surface area contributed by atoms with Gasteiger partial charge in [0.25, 0.3) is 0 Å². The summed E-state index contributed by atoms with van der Waals surface area (Å²) in [6.07, 6.45) is 0.763. The summed E-state index contributed by atoms with van der Waals surface area (Å²) < 4.78 is 0. The Hall–Kier alpha value is -2.02. The Bertz CT molecular complexity index is 517. The molecule has 1 aromatic carbocycles. The Kier molecular flexibility index (Phi) is 3.48. The lowest BCUT2D eigenvalue weighted by Crippen LogP contribution is -2.44. The number of aryl methyl sites for hydroxylation is 2. The highest BCUT2D eigenvalue weighted by molar-refractivity contribution is 5.78. The molecule has 0 atom stereocenters. The van der Waals surface area contributed by atoms with Gasteiger partial charge in [-0.05, 0) is 37.8 Å². The molecule has 1 heterocycles. The maximum atomic E-state index is 11.2. The number of para-hydroxylation sites is 1. The molecule has 0 bridgehead atoms. The number of hydrogen-bond donors (Lipinski definition) is 1. The molecular weight excluding hydrogens is 240 g/mol. The summed E-state index contributed by atoms with van der Waals surface area (Å²) in [5, 5.41) is 18.3. The average molecular weight is 258 g/mol. The number of nitrogens with zero attached hydrogens (tertiary/aromatic N) is 2. The summed E-state index contributed by atoms with van der Waals surface area (Å²) in [6, 6.07) is 8.14. The molecule has 0 unspecified atom stereocenters. The van der Waals surface area contributed by atoms with Gasteiger partial charge in [-0.1, -0.05) is 18.2 Å². The second-order valence-electron chi connectivity index (χ2n) is 5.23. The molecular formula is C15H18N2O2. The van der Waals surface area contributed by atoms with Crippen LogP contribution < -0.4 is 4.90 Å². The quantitative estimate of drug-likeness (QED) is 0.885. The van der Waals surface area contributed by atoms with Crippen molar-refractivity contribution in [2.75, 3.05) is 18.0 Å². The summed E-state index contributed by atoms with van der Waals surface area (Å²) >= 11 is 0. The van der Waals surface area contributed by atoms with E-state index in [1.165, 1.54) is 16.8 Å². The van der Waals surface area contributed by atoms with Crippen LogP contribution in [0.2, 0.25) is 0 Å². The van der Waals surface area contributed by atoms with Crippen molar-refractivity contribution in [3.63, 3.8) is 0 Å². The van der Waals surface area contributed by atoms with Crippen LogP contribution in [0.1, 0.15) is 24.0 Å². The van der Waals surface area contributed by atoms with Crippen LogP contribution in [0, 0.1) is 30.6 Å². The highest BCUT2D eigenvalue weighted by Gasteiger charge is 2.42. The number of carboxylic acid groups (broad SMARTS) is 1. The van der Waals surface area contributed by atoms with E-state index in [0.717, 1.165) is 0 Å². The number of nitriles is 1. The number of benzene rings is 1. The number of aliphatic carboxylic acids is 1. The molecule has 100 valence electrons. The first-order chi connectivity index (χ1) is 9.00. The predicted molar refractivity (Wildman–Crippen MR) is 73.0 cm³/mol. The Labute approximate surface area is 113 Å². The minimum absolute atomic E-state index is 0.382. The first-order valence-electron chi connectivity index (χ1n) is 6.46. The largest absolute Gasteiger partial charge is 0.480 e. The van der Waals surface area contributed by atoms with E-state index in [0.29, 0.717) is 25.9 Å². The van der Waals surface area contributed by atoms with Crippen LogP contribution in [0.3, 0.4) is 0 Å². The number of carboxylic acids is 1. The third-order valence-corrected chi connectivity index (χ3v) is 4.00. The SMILES string of the molecule is Cc1cccc(C)c1N1CCC(C#N)(C(=O)O)CC1. The van der Waals surface area contributed by atoms with Crippen molar-refractivity contribution in [1.82, 2.24) is 0 Å². The molecule has 1 aromatic rings. The van der Waals surface area contributed by atoms with Gasteiger partial charge in [0.2, 0.25) is 0 Å². The van der Waals surface area contributed by atoms with Crippen LogP contribution in [0.25, 0.3) is 0 Å². The lowest BCUT2D eigenvalue weighted by Gasteiger charge is -2.37. The Balaban J connectivity index is 2.21. The first kappa shape index (κ1) is 13.4. The molecule has 4 nitrogen and oxygen atoms in total. The van der Waals surface area contributed by atoms with Crippen molar-refractivity contribution >= 4 is 11.7 Å². The minimum atomic E-state index is -1.20. The van der Waals surface area contributed by atoms with E-state index >= 15 is 0 Å². The van der Waals surface area contributed by atoms with Gasteiger partial charge in [0.15, 0.2) is 5.41 Å². The molecule has 1 fully saturated rings. The summed E-state index contributed by atoms with van der Waals surface area (Å²) in [6.45, 7) is 5.36. The summed E-state index contributed by atoms with van der Waals surface area (Å²) in [4.78, 5) is 13.4. The van der Waals surface area contributed by atoms with Crippen molar-refractivity contribution in [2.45, 2.75) is 26.7 Å². The van der Waals surface area contributed by atoms with Gasteiger partial charge < -0.3 is 10.0 Å². The zero-order chi connectivity index (χ0) is 14.0. The normalized spacial score (nSPS) is 17.8. The molecule has 1 aliphatic heterocycles. The van der Waals surface area contributed by atoms with Crippen LogP contribution in [0.15, 0.2) is 18.2 Å². The minimum Gasteiger partial charge on any atom is -0.480 e. The zero-order valence-electron chi connectivity index (χ0n) is 11.3.